The zero-order valence-corrected chi connectivity index (χ0v) is 48.3. The lowest BCUT2D eigenvalue weighted by molar-refractivity contribution is 0.330. The molecule has 0 amide bonds. The van der Waals surface area contributed by atoms with Crippen LogP contribution in [0.5, 0.6) is 0 Å². The van der Waals surface area contributed by atoms with E-state index in [0.717, 1.165) is 5.56 Å². The van der Waals surface area contributed by atoms with E-state index in [9.17, 15) is 0 Å². The van der Waals surface area contributed by atoms with Gasteiger partial charge in [0.25, 0.3) is 0 Å². The highest BCUT2D eigenvalue weighted by Crippen LogP contribution is 2.64. The minimum atomic E-state index is -0.274. The molecule has 0 aromatic heterocycles. The number of fused-ring (bicyclic) bond motifs is 8. The molecule has 2 aliphatic carbocycles. The predicted molar refractivity (Wildman–Crippen MR) is 313 cm³/mol. The summed E-state index contributed by atoms with van der Waals surface area (Å²) in [5.41, 5.74) is 24.6. The van der Waals surface area contributed by atoms with Gasteiger partial charge in [0.15, 0.2) is 0 Å². The number of hydrogen-bond acceptors (Lipinski definition) is 3. The van der Waals surface area contributed by atoms with Gasteiger partial charge in [0.2, 0.25) is 6.71 Å². The molecule has 5 aliphatic rings. The number of hydrogen-bond donors (Lipinski definition) is 0. The Balaban J connectivity index is 1.25. The van der Waals surface area contributed by atoms with Gasteiger partial charge in [-0.3, -0.25) is 0 Å². The maximum absolute atomic E-state index is 3.73. The Morgan fingerprint density at radius 3 is 1.67 bits per heavy atom. The first-order valence-electron chi connectivity index (χ1n) is 27.3. The molecule has 6 aromatic carbocycles. The predicted octanol–water partition coefficient (Wildman–Crippen LogP) is 17.5. The normalized spacial score (nSPS) is 22.0. The Labute approximate surface area is 440 Å². The molecule has 72 heavy (non-hydrogen) atoms. The van der Waals surface area contributed by atoms with Crippen LogP contribution in [-0.4, -0.2) is 11.4 Å². The SMILES string of the molecule is Cc1cc2c3c(c1)N(c1ccc4c(c1)C(C)(C)CCC4(C)C)C1c4cc5c(cc4SC1(C)B3c1cc(C(C)(C)C)ccc1N2c1ccc(C(C)(C)C)cc1-c1c#cc(C(C)(C)C)cc1)C(C)(C)CCC5(C)C. The molecular formula is C68H81BN2S. The van der Waals surface area contributed by atoms with Crippen molar-refractivity contribution in [3.05, 3.63) is 153 Å². The van der Waals surface area contributed by atoms with E-state index in [4.69, 9.17) is 0 Å². The van der Waals surface area contributed by atoms with Crippen molar-refractivity contribution in [2.75, 3.05) is 9.80 Å². The Morgan fingerprint density at radius 2 is 1.08 bits per heavy atom. The van der Waals surface area contributed by atoms with E-state index in [1.54, 1.807) is 11.1 Å². The maximum atomic E-state index is 3.73. The van der Waals surface area contributed by atoms with E-state index in [-0.39, 0.29) is 55.3 Å². The first-order chi connectivity index (χ1) is 33.3. The molecule has 372 valence electrons. The topological polar surface area (TPSA) is 6.48 Å². The first-order valence-corrected chi connectivity index (χ1v) is 28.1. The van der Waals surface area contributed by atoms with Gasteiger partial charge >= 0.3 is 0 Å². The largest absolute Gasteiger partial charge is 0.334 e. The summed E-state index contributed by atoms with van der Waals surface area (Å²) in [6, 6.07) is 45.0. The number of rotatable bonds is 3. The monoisotopic (exact) mass is 969 g/mol. The van der Waals surface area contributed by atoms with E-state index in [0.29, 0.717) is 0 Å². The van der Waals surface area contributed by atoms with Gasteiger partial charge in [-0.05, 0) is 187 Å². The fourth-order valence-electron chi connectivity index (χ4n) is 13.7. The minimum absolute atomic E-state index is 0.0230. The summed E-state index contributed by atoms with van der Waals surface area (Å²) in [4.78, 5) is 6.98. The van der Waals surface area contributed by atoms with E-state index in [1.165, 1.54) is 114 Å². The van der Waals surface area contributed by atoms with Crippen LogP contribution < -0.4 is 20.7 Å². The summed E-state index contributed by atoms with van der Waals surface area (Å²) in [6.07, 6.45) is 4.78. The number of thioether (sulfide) groups is 1. The van der Waals surface area contributed by atoms with Gasteiger partial charge in [0, 0.05) is 49.0 Å². The molecular weight excluding hydrogens is 888 g/mol. The molecule has 4 heteroatoms. The lowest BCUT2D eigenvalue weighted by Crippen LogP contribution is -2.68. The van der Waals surface area contributed by atoms with E-state index < -0.39 is 0 Å². The lowest BCUT2D eigenvalue weighted by atomic mass is 9.28. The highest BCUT2D eigenvalue weighted by molar-refractivity contribution is 8.03. The van der Waals surface area contributed by atoms with Crippen molar-refractivity contribution in [1.29, 1.82) is 0 Å². The zero-order chi connectivity index (χ0) is 51.8. The van der Waals surface area contributed by atoms with Crippen molar-refractivity contribution in [2.24, 2.45) is 0 Å². The third-order valence-corrected chi connectivity index (χ3v) is 20.0. The van der Waals surface area contributed by atoms with Crippen molar-refractivity contribution in [3.8, 4) is 11.1 Å². The number of aryl methyl sites for hydroxylation is 1. The Kier molecular flexibility index (Phi) is 10.7. The van der Waals surface area contributed by atoms with Crippen LogP contribution in [0.15, 0.2) is 95.9 Å². The number of anilines is 5. The molecule has 6 aromatic rings. The van der Waals surface area contributed by atoms with Crippen LogP contribution in [0.2, 0.25) is 0 Å². The van der Waals surface area contributed by atoms with E-state index >= 15 is 0 Å². The van der Waals surface area contributed by atoms with Gasteiger partial charge in [-0.2, -0.15) is 0 Å². The maximum Gasteiger partial charge on any atom is 0.237 e. The molecule has 0 radical (unpaired) electrons. The second-order valence-electron chi connectivity index (χ2n) is 28.9. The second-order valence-corrected chi connectivity index (χ2v) is 30.4. The van der Waals surface area contributed by atoms with Crippen LogP contribution in [0.4, 0.5) is 28.4 Å². The molecule has 0 spiro atoms. The molecule has 2 atom stereocenters. The summed E-state index contributed by atoms with van der Waals surface area (Å²) in [6.45, 7) is 45.9. The average molecular weight is 969 g/mol. The van der Waals surface area contributed by atoms with Crippen LogP contribution in [-0.2, 0) is 37.9 Å². The molecule has 0 saturated heterocycles. The highest BCUT2D eigenvalue weighted by atomic mass is 32.2. The van der Waals surface area contributed by atoms with Gasteiger partial charge in [-0.25, -0.2) is 0 Å². The van der Waals surface area contributed by atoms with Crippen molar-refractivity contribution in [1.82, 2.24) is 0 Å². The molecule has 3 heterocycles. The highest BCUT2D eigenvalue weighted by Gasteiger charge is 2.62. The van der Waals surface area contributed by atoms with E-state index in [2.05, 4.69) is 256 Å². The lowest BCUT2D eigenvalue weighted by Gasteiger charge is -2.54. The molecule has 11 rings (SSSR count). The molecule has 3 aliphatic heterocycles. The average Bonchev–Trinajstić information content (AvgIpc) is 3.59. The summed E-state index contributed by atoms with van der Waals surface area (Å²) in [5, 5.41) is 0. The zero-order valence-electron chi connectivity index (χ0n) is 47.4. The van der Waals surface area contributed by atoms with Crippen molar-refractivity contribution >= 4 is 57.8 Å². The van der Waals surface area contributed by atoms with Gasteiger partial charge in [0.1, 0.15) is 0 Å². The van der Waals surface area contributed by atoms with E-state index in [1.807, 2.05) is 0 Å². The number of benzene rings is 5. The van der Waals surface area contributed by atoms with Gasteiger partial charge in [-0.15, -0.1) is 11.8 Å². The number of nitrogens with zero attached hydrogens (tertiary/aromatic N) is 2. The molecule has 2 nitrogen and oxygen atoms in total. The summed E-state index contributed by atoms with van der Waals surface area (Å²) >= 11 is 2.18. The molecule has 0 bridgehead atoms. The van der Waals surface area contributed by atoms with Crippen LogP contribution in [0.1, 0.15) is 206 Å². The molecule has 0 fully saturated rings. The molecule has 0 saturated carbocycles. The standard InChI is InChI=1S/C68H81BN2S/c1-41-34-56-59-57(35-41)71(54-28-24-44(62(5,6)7)36-47(54)42-20-22-43(23-21-42)61(2,3)4)55-29-25-45(63(8,9)10)37-53(55)69(59)68(19)60(48-39-51-52(40-58(48)72-68)67(17,18)33-32-66(51,15)16)70(56)46-26-27-49-50(38-46)65(13,14)31-30-64(49,11)12/h20,22,24-29,34-40,60H,30-33H2,1-19H3. The van der Waals surface area contributed by atoms with Crippen molar-refractivity contribution in [3.63, 3.8) is 0 Å². The fraction of sp³-hybridized carbons (Fsp3) is 0.471. The summed E-state index contributed by atoms with van der Waals surface area (Å²) in [5.74, 6) is 0. The fourth-order valence-corrected chi connectivity index (χ4v) is 15.4. The second kappa shape index (κ2) is 15.6. The Bertz CT molecular complexity index is 3220. The van der Waals surface area contributed by atoms with Crippen LogP contribution in [0.25, 0.3) is 11.1 Å². The first kappa shape index (κ1) is 49.4. The van der Waals surface area contributed by atoms with Crippen molar-refractivity contribution < 1.29 is 0 Å². The quantitative estimate of drug-likeness (QED) is 0.163. The smallest absolute Gasteiger partial charge is 0.237 e. The van der Waals surface area contributed by atoms with Crippen LogP contribution >= 0.6 is 11.8 Å². The third-order valence-electron chi connectivity index (χ3n) is 18.6. The Morgan fingerprint density at radius 1 is 0.528 bits per heavy atom. The van der Waals surface area contributed by atoms with Crippen molar-refractivity contribution in [2.45, 2.75) is 211 Å². The molecule has 2 unspecified atom stereocenters. The van der Waals surface area contributed by atoms with Gasteiger partial charge < -0.3 is 9.80 Å². The molecule has 0 N–H and O–H groups in total. The van der Waals surface area contributed by atoms with Gasteiger partial charge in [-0.1, -0.05) is 167 Å². The third kappa shape index (κ3) is 7.50. The summed E-state index contributed by atoms with van der Waals surface area (Å²) in [7, 11) is 0. The Hall–Kier alpha value is -4.85. The van der Waals surface area contributed by atoms with Gasteiger partial charge in [0.05, 0.1) is 11.7 Å². The summed E-state index contributed by atoms with van der Waals surface area (Å²) < 4.78 is -0.274. The minimum Gasteiger partial charge on any atom is -0.334 e. The van der Waals surface area contributed by atoms with Crippen LogP contribution in [0, 0.1) is 19.1 Å². The van der Waals surface area contributed by atoms with Crippen LogP contribution in [0.3, 0.4) is 0 Å².